The van der Waals surface area contributed by atoms with E-state index in [1.165, 1.54) is 24.7 Å². The smallest absolute Gasteiger partial charge is 0.380 e. The fourth-order valence-electron chi connectivity index (χ4n) is 2.19. The van der Waals surface area contributed by atoms with Crippen LogP contribution in [0.25, 0.3) is 11.3 Å². The summed E-state index contributed by atoms with van der Waals surface area (Å²) in [4.78, 5) is 19.6. The second-order valence-electron chi connectivity index (χ2n) is 5.06. The Morgan fingerprint density at radius 1 is 1.17 bits per heavy atom. The highest BCUT2D eigenvalue weighted by Crippen LogP contribution is 2.30. The topological polar surface area (TPSA) is 85.5 Å². The summed E-state index contributed by atoms with van der Waals surface area (Å²) in [6, 6.07) is 8.29. The van der Waals surface area contributed by atoms with Crippen LogP contribution >= 0.6 is 0 Å². The van der Waals surface area contributed by atoms with Gasteiger partial charge in [0.15, 0.2) is 0 Å². The van der Waals surface area contributed by atoms with Gasteiger partial charge in [-0.25, -0.2) is 14.8 Å². The zero-order valence-corrected chi connectivity index (χ0v) is 12.6. The normalized spacial score (nSPS) is 10.5. The molecule has 0 bridgehead atoms. The van der Waals surface area contributed by atoms with Gasteiger partial charge in [-0.3, -0.25) is 0 Å². The zero-order valence-electron chi connectivity index (χ0n) is 12.6. The number of rotatable bonds is 3. The summed E-state index contributed by atoms with van der Waals surface area (Å²) >= 11 is 0. The van der Waals surface area contributed by atoms with E-state index in [0.29, 0.717) is 5.76 Å². The highest BCUT2D eigenvalue weighted by atomic mass is 16.6. The molecule has 3 aromatic rings. The molecule has 0 aliphatic heterocycles. The van der Waals surface area contributed by atoms with Crippen molar-refractivity contribution in [3.8, 4) is 23.0 Å². The molecule has 116 valence electrons. The molecule has 0 saturated carbocycles. The van der Waals surface area contributed by atoms with E-state index in [-0.39, 0.29) is 17.4 Å². The third-order valence-electron chi connectivity index (χ3n) is 3.33. The van der Waals surface area contributed by atoms with Gasteiger partial charge in [0.2, 0.25) is 11.6 Å². The van der Waals surface area contributed by atoms with E-state index in [1.807, 2.05) is 0 Å². The van der Waals surface area contributed by atoms with E-state index in [1.54, 1.807) is 32.0 Å². The zero-order chi connectivity index (χ0) is 16.4. The maximum absolute atomic E-state index is 12.0. The molecular formula is C17H14N2O4. The third-order valence-corrected chi connectivity index (χ3v) is 3.33. The van der Waals surface area contributed by atoms with Crippen molar-refractivity contribution in [1.82, 2.24) is 9.97 Å². The molecule has 0 radical (unpaired) electrons. The molecule has 1 aromatic carbocycles. The van der Waals surface area contributed by atoms with Crippen LogP contribution in [0.4, 0.5) is 0 Å². The maximum atomic E-state index is 12.0. The lowest BCUT2D eigenvalue weighted by molar-refractivity contribution is 0.0695. The minimum atomic E-state index is -0.637. The maximum Gasteiger partial charge on any atom is 0.380 e. The molecule has 6 nitrogen and oxygen atoms in total. The predicted molar refractivity (Wildman–Crippen MR) is 82.3 cm³/mol. The molecule has 0 aliphatic rings. The van der Waals surface area contributed by atoms with Crippen molar-refractivity contribution in [1.29, 1.82) is 0 Å². The summed E-state index contributed by atoms with van der Waals surface area (Å²) in [5.74, 6) is 0.359. The first-order valence-corrected chi connectivity index (χ1v) is 6.93. The van der Waals surface area contributed by atoms with Crippen molar-refractivity contribution < 1.29 is 19.1 Å². The number of nitrogens with zero attached hydrogens (tertiary/aromatic N) is 2. The van der Waals surface area contributed by atoms with E-state index in [0.717, 1.165) is 16.7 Å². The van der Waals surface area contributed by atoms with Crippen LogP contribution in [-0.2, 0) is 0 Å². The average molecular weight is 310 g/mol. The lowest BCUT2D eigenvalue weighted by atomic mass is 10.0. The van der Waals surface area contributed by atoms with Gasteiger partial charge in [-0.2, -0.15) is 0 Å². The summed E-state index contributed by atoms with van der Waals surface area (Å²) in [5, 5.41) is 9.82. The number of esters is 1. The Morgan fingerprint density at radius 2 is 1.91 bits per heavy atom. The molecule has 2 aromatic heterocycles. The van der Waals surface area contributed by atoms with E-state index >= 15 is 0 Å². The van der Waals surface area contributed by atoms with Crippen LogP contribution in [0.2, 0.25) is 0 Å². The minimum absolute atomic E-state index is 0.0713. The molecule has 23 heavy (non-hydrogen) atoms. The standard InChI is InChI=1S/C17H14N2O4/c1-10-7-12(8-11(2)16(10)20)13-3-4-14(22-13)17(21)23-15-5-6-18-9-19-15/h3-9,20H,1-2H3. The third kappa shape index (κ3) is 3.06. The Bertz CT molecular complexity index is 833. The van der Waals surface area contributed by atoms with E-state index in [4.69, 9.17) is 9.15 Å². The molecule has 0 spiro atoms. The van der Waals surface area contributed by atoms with Gasteiger partial charge in [0.1, 0.15) is 17.8 Å². The number of carbonyl (C=O) groups is 1. The molecule has 0 amide bonds. The number of aromatic nitrogens is 2. The van der Waals surface area contributed by atoms with Gasteiger partial charge in [-0.05, 0) is 49.2 Å². The average Bonchev–Trinajstić information content (AvgIpc) is 3.03. The number of aromatic hydroxyl groups is 1. The highest BCUT2D eigenvalue weighted by molar-refractivity contribution is 5.88. The minimum Gasteiger partial charge on any atom is -0.507 e. The summed E-state index contributed by atoms with van der Waals surface area (Å²) in [7, 11) is 0. The molecule has 3 rings (SSSR count). The Morgan fingerprint density at radius 3 is 2.57 bits per heavy atom. The van der Waals surface area contributed by atoms with Crippen molar-refractivity contribution in [2.75, 3.05) is 0 Å². The van der Waals surface area contributed by atoms with E-state index in [2.05, 4.69) is 9.97 Å². The van der Waals surface area contributed by atoms with Crippen LogP contribution < -0.4 is 4.74 Å². The predicted octanol–water partition coefficient (Wildman–Crippen LogP) is 3.28. The van der Waals surface area contributed by atoms with Crippen molar-refractivity contribution in [3.63, 3.8) is 0 Å². The molecular weight excluding hydrogens is 296 g/mol. The van der Waals surface area contributed by atoms with Crippen molar-refractivity contribution in [3.05, 3.63) is 59.7 Å². The molecule has 2 heterocycles. The Balaban J connectivity index is 1.84. The van der Waals surface area contributed by atoms with Gasteiger partial charge in [-0.15, -0.1) is 0 Å². The molecule has 1 N–H and O–H groups in total. The lowest BCUT2D eigenvalue weighted by Gasteiger charge is -2.06. The first kappa shape index (κ1) is 14.8. The van der Waals surface area contributed by atoms with Gasteiger partial charge in [0.25, 0.3) is 0 Å². The Hall–Kier alpha value is -3.15. The Labute approximate surface area is 132 Å². The number of phenols is 1. The largest absolute Gasteiger partial charge is 0.507 e. The van der Waals surface area contributed by atoms with Gasteiger partial charge in [0.05, 0.1) is 0 Å². The van der Waals surface area contributed by atoms with Crippen molar-refractivity contribution >= 4 is 5.97 Å². The number of ether oxygens (including phenoxy) is 1. The number of hydrogen-bond acceptors (Lipinski definition) is 6. The number of furan rings is 1. The van der Waals surface area contributed by atoms with E-state index < -0.39 is 5.97 Å². The SMILES string of the molecule is Cc1cc(-c2ccc(C(=O)Oc3ccncn3)o2)cc(C)c1O. The second-order valence-corrected chi connectivity index (χ2v) is 5.06. The van der Waals surface area contributed by atoms with Crippen LogP contribution in [-0.4, -0.2) is 21.0 Å². The summed E-state index contributed by atoms with van der Waals surface area (Å²) < 4.78 is 10.6. The molecule has 0 aliphatic carbocycles. The molecule has 6 heteroatoms. The number of carbonyl (C=O) groups excluding carboxylic acids is 1. The number of phenolic OH excluding ortho intramolecular Hbond substituents is 1. The fraction of sp³-hybridized carbons (Fsp3) is 0.118. The van der Waals surface area contributed by atoms with Crippen molar-refractivity contribution in [2.24, 2.45) is 0 Å². The molecule has 0 unspecified atom stereocenters. The van der Waals surface area contributed by atoms with Crippen LogP contribution in [0.5, 0.6) is 11.6 Å². The molecule has 0 saturated heterocycles. The van der Waals surface area contributed by atoms with Crippen molar-refractivity contribution in [2.45, 2.75) is 13.8 Å². The number of benzene rings is 1. The second kappa shape index (κ2) is 5.92. The first-order chi connectivity index (χ1) is 11.0. The van der Waals surface area contributed by atoms with Crippen LogP contribution in [0.3, 0.4) is 0 Å². The summed E-state index contributed by atoms with van der Waals surface area (Å²) in [5.41, 5.74) is 2.25. The van der Waals surface area contributed by atoms with Crippen LogP contribution in [0, 0.1) is 13.8 Å². The summed E-state index contributed by atoms with van der Waals surface area (Å²) in [6.45, 7) is 3.61. The van der Waals surface area contributed by atoms with Crippen LogP contribution in [0.1, 0.15) is 21.7 Å². The van der Waals surface area contributed by atoms with E-state index in [9.17, 15) is 9.90 Å². The first-order valence-electron chi connectivity index (χ1n) is 6.93. The van der Waals surface area contributed by atoms with Crippen LogP contribution in [0.15, 0.2) is 47.3 Å². The summed E-state index contributed by atoms with van der Waals surface area (Å²) in [6.07, 6.45) is 2.77. The monoisotopic (exact) mass is 310 g/mol. The highest BCUT2D eigenvalue weighted by Gasteiger charge is 2.16. The molecule has 0 atom stereocenters. The number of aryl methyl sites for hydroxylation is 2. The fourth-order valence-corrected chi connectivity index (χ4v) is 2.19. The lowest BCUT2D eigenvalue weighted by Crippen LogP contribution is -2.08. The van der Waals surface area contributed by atoms with Gasteiger partial charge < -0.3 is 14.3 Å². The molecule has 0 fully saturated rings. The van der Waals surface area contributed by atoms with Gasteiger partial charge >= 0.3 is 5.97 Å². The van der Waals surface area contributed by atoms with Gasteiger partial charge in [0, 0.05) is 17.8 Å². The quantitative estimate of drug-likeness (QED) is 0.747. The number of hydrogen-bond donors (Lipinski definition) is 1. The Kier molecular flexibility index (Phi) is 3.80. The van der Waals surface area contributed by atoms with Gasteiger partial charge in [-0.1, -0.05) is 0 Å².